The maximum absolute atomic E-state index is 12.7. The van der Waals surface area contributed by atoms with Crippen molar-refractivity contribution in [2.24, 2.45) is 0 Å². The van der Waals surface area contributed by atoms with Gasteiger partial charge in [-0.25, -0.2) is 0 Å². The Bertz CT molecular complexity index is 872. The van der Waals surface area contributed by atoms with Gasteiger partial charge in [0.05, 0.1) is 17.5 Å². The van der Waals surface area contributed by atoms with Gasteiger partial charge in [0.1, 0.15) is 5.76 Å². The number of aliphatic hydroxyl groups is 1. The number of amides is 1. The Morgan fingerprint density at radius 3 is 2.54 bits per heavy atom. The molecule has 1 aliphatic heterocycles. The molecule has 2 aliphatic rings. The van der Waals surface area contributed by atoms with Crippen molar-refractivity contribution in [3.63, 3.8) is 0 Å². The number of fused-ring (bicyclic) bond motifs is 1. The van der Waals surface area contributed by atoms with Gasteiger partial charge in [-0.1, -0.05) is 18.2 Å². The Morgan fingerprint density at radius 2 is 1.88 bits per heavy atom. The molecule has 8 heteroatoms. The summed E-state index contributed by atoms with van der Waals surface area (Å²) in [6, 6.07) is 6.54. The molecule has 0 unspecified atom stereocenters. The normalized spacial score (nSPS) is 24.4. The van der Waals surface area contributed by atoms with Crippen LogP contribution in [-0.4, -0.2) is 38.5 Å². The van der Waals surface area contributed by atoms with E-state index in [1.54, 1.807) is 24.3 Å². The average molecular weight is 351 g/mol. The van der Waals surface area contributed by atoms with Crippen molar-refractivity contribution in [3.8, 4) is 0 Å². The zero-order valence-corrected chi connectivity index (χ0v) is 14.1. The van der Waals surface area contributed by atoms with Crippen LogP contribution >= 0.6 is 0 Å². The molecule has 3 rings (SSSR count). The smallest absolute Gasteiger partial charge is 0.305 e. The lowest BCUT2D eigenvalue weighted by Gasteiger charge is -2.29. The molecular formula is C16H17NO6S. The number of carbonyl (C=O) groups excluding carboxylic acids is 2. The molecule has 1 atom stereocenters. The lowest BCUT2D eigenvalue weighted by atomic mass is 9.80. The van der Waals surface area contributed by atoms with Crippen LogP contribution in [0.2, 0.25) is 0 Å². The number of para-hydroxylation sites is 1. The third-order valence-corrected chi connectivity index (χ3v) is 4.75. The maximum atomic E-state index is 12.7. The molecule has 1 amide bonds. The van der Waals surface area contributed by atoms with E-state index in [4.69, 9.17) is 4.18 Å². The van der Waals surface area contributed by atoms with E-state index in [-0.39, 0.29) is 29.7 Å². The summed E-state index contributed by atoms with van der Waals surface area (Å²) >= 11 is 0. The first-order chi connectivity index (χ1) is 11.2. The lowest BCUT2D eigenvalue weighted by molar-refractivity contribution is -0.135. The Hall–Kier alpha value is -2.19. The van der Waals surface area contributed by atoms with Crippen LogP contribution in [0.5, 0.6) is 0 Å². The molecular weight excluding hydrogens is 334 g/mol. The number of benzene rings is 1. The van der Waals surface area contributed by atoms with Gasteiger partial charge in [0.15, 0.2) is 5.78 Å². The molecule has 1 aliphatic carbocycles. The molecule has 1 aromatic rings. The first kappa shape index (κ1) is 16.7. The van der Waals surface area contributed by atoms with Gasteiger partial charge in [0, 0.05) is 25.5 Å². The molecule has 0 bridgehead atoms. The summed E-state index contributed by atoms with van der Waals surface area (Å²) in [4.78, 5) is 26.5. The van der Waals surface area contributed by atoms with Crippen LogP contribution in [0.1, 0.15) is 24.8 Å². The fourth-order valence-corrected chi connectivity index (χ4v) is 3.80. The fourth-order valence-electron chi connectivity index (χ4n) is 3.27. The molecule has 1 heterocycles. The second-order valence-electron chi connectivity index (χ2n) is 5.95. The van der Waals surface area contributed by atoms with Crippen LogP contribution in [0.3, 0.4) is 0 Å². The standard InChI is InChI=1S/C16H17NO6S/c1-17-11-7-4-3-6-10(11)16(20,15(17)19)14-12(18)8-5-9-13(14)23-24(2,21)22/h3-4,6-7,20H,5,8-9H2,1-2H3/t16-/m0/s1. The Morgan fingerprint density at radius 1 is 1.21 bits per heavy atom. The van der Waals surface area contributed by atoms with E-state index in [9.17, 15) is 23.1 Å². The summed E-state index contributed by atoms with van der Waals surface area (Å²) in [6.45, 7) is 0. The van der Waals surface area contributed by atoms with Gasteiger partial charge in [0.25, 0.3) is 5.91 Å². The molecule has 0 saturated heterocycles. The van der Waals surface area contributed by atoms with Crippen LogP contribution in [0.25, 0.3) is 0 Å². The Balaban J connectivity index is 2.27. The number of likely N-dealkylation sites (N-methyl/N-ethyl adjacent to an activating group) is 1. The molecule has 1 N–H and O–H groups in total. The van der Waals surface area contributed by atoms with Crippen LogP contribution in [0.15, 0.2) is 35.6 Å². The average Bonchev–Trinajstić information content (AvgIpc) is 2.69. The zero-order valence-electron chi connectivity index (χ0n) is 13.3. The Kier molecular flexibility index (Phi) is 3.76. The van der Waals surface area contributed by atoms with Crippen LogP contribution in [0.4, 0.5) is 5.69 Å². The predicted molar refractivity (Wildman–Crippen MR) is 85.6 cm³/mol. The molecule has 1 aromatic carbocycles. The first-order valence-electron chi connectivity index (χ1n) is 7.42. The SMILES string of the molecule is CN1C(=O)[C@@](O)(C2=C(OS(C)(=O)=O)CCCC2=O)c2ccccc21. The van der Waals surface area contributed by atoms with Crippen molar-refractivity contribution in [2.45, 2.75) is 24.9 Å². The summed E-state index contributed by atoms with van der Waals surface area (Å²) in [5.74, 6) is -1.35. The number of rotatable bonds is 3. The van der Waals surface area contributed by atoms with E-state index in [0.717, 1.165) is 6.26 Å². The molecule has 0 fully saturated rings. The number of carbonyl (C=O) groups is 2. The number of Topliss-reactive ketones (excluding diaryl/α,β-unsaturated/α-hetero) is 1. The van der Waals surface area contributed by atoms with Gasteiger partial charge >= 0.3 is 10.1 Å². The fraction of sp³-hybridized carbons (Fsp3) is 0.375. The minimum atomic E-state index is -3.89. The van der Waals surface area contributed by atoms with E-state index in [1.165, 1.54) is 11.9 Å². The summed E-state index contributed by atoms with van der Waals surface area (Å²) in [5.41, 5.74) is -1.80. The molecule has 0 saturated carbocycles. The number of ketones is 1. The number of anilines is 1. The second-order valence-corrected chi connectivity index (χ2v) is 7.53. The van der Waals surface area contributed by atoms with E-state index in [1.807, 2.05) is 0 Å². The zero-order chi connectivity index (χ0) is 17.7. The minimum absolute atomic E-state index is 0.118. The largest absolute Gasteiger partial charge is 0.387 e. The topological polar surface area (TPSA) is 101 Å². The predicted octanol–water partition coefficient (Wildman–Crippen LogP) is 0.834. The van der Waals surface area contributed by atoms with Crippen LogP contribution < -0.4 is 4.90 Å². The van der Waals surface area contributed by atoms with E-state index >= 15 is 0 Å². The van der Waals surface area contributed by atoms with Crippen LogP contribution in [-0.2, 0) is 29.5 Å². The monoisotopic (exact) mass is 351 g/mol. The van der Waals surface area contributed by atoms with Gasteiger partial charge in [-0.15, -0.1) is 0 Å². The van der Waals surface area contributed by atoms with Gasteiger partial charge in [-0.05, 0) is 12.5 Å². The van der Waals surface area contributed by atoms with Crippen LogP contribution in [0, 0.1) is 0 Å². The van der Waals surface area contributed by atoms with Crippen molar-refractivity contribution >= 4 is 27.5 Å². The molecule has 0 spiro atoms. The van der Waals surface area contributed by atoms with Crippen molar-refractivity contribution in [3.05, 3.63) is 41.2 Å². The summed E-state index contributed by atoms with van der Waals surface area (Å²) in [6.07, 6.45) is 1.54. The highest BCUT2D eigenvalue weighted by atomic mass is 32.2. The highest BCUT2D eigenvalue weighted by Gasteiger charge is 2.55. The first-order valence-corrected chi connectivity index (χ1v) is 9.24. The summed E-state index contributed by atoms with van der Waals surface area (Å²) < 4.78 is 28.0. The van der Waals surface area contributed by atoms with E-state index in [2.05, 4.69) is 0 Å². The molecule has 7 nitrogen and oxygen atoms in total. The summed E-state index contributed by atoms with van der Waals surface area (Å²) in [5, 5.41) is 11.2. The van der Waals surface area contributed by atoms with Crippen molar-refractivity contribution in [1.29, 1.82) is 0 Å². The van der Waals surface area contributed by atoms with E-state index < -0.39 is 27.4 Å². The highest BCUT2D eigenvalue weighted by Crippen LogP contribution is 2.47. The van der Waals surface area contributed by atoms with Crippen molar-refractivity contribution in [2.75, 3.05) is 18.2 Å². The van der Waals surface area contributed by atoms with Gasteiger partial charge in [-0.3, -0.25) is 9.59 Å². The van der Waals surface area contributed by atoms with Gasteiger partial charge < -0.3 is 14.2 Å². The van der Waals surface area contributed by atoms with Crippen molar-refractivity contribution in [1.82, 2.24) is 0 Å². The summed E-state index contributed by atoms with van der Waals surface area (Å²) in [7, 11) is -2.40. The molecule has 24 heavy (non-hydrogen) atoms. The second kappa shape index (κ2) is 5.42. The Labute approximate surface area is 139 Å². The third-order valence-electron chi connectivity index (χ3n) is 4.25. The van der Waals surface area contributed by atoms with E-state index in [0.29, 0.717) is 12.1 Å². The minimum Gasteiger partial charge on any atom is -0.387 e. The van der Waals surface area contributed by atoms with Gasteiger partial charge in [-0.2, -0.15) is 8.42 Å². The maximum Gasteiger partial charge on any atom is 0.305 e. The number of hydrogen-bond acceptors (Lipinski definition) is 6. The molecule has 0 aromatic heterocycles. The lowest BCUT2D eigenvalue weighted by Crippen LogP contribution is -2.44. The molecule has 128 valence electrons. The number of nitrogens with zero attached hydrogens (tertiary/aromatic N) is 1. The van der Waals surface area contributed by atoms with Gasteiger partial charge in [0.2, 0.25) is 5.60 Å². The van der Waals surface area contributed by atoms with Crippen molar-refractivity contribution < 1.29 is 27.3 Å². The number of allylic oxidation sites excluding steroid dienone is 1. The third kappa shape index (κ3) is 2.42. The highest BCUT2D eigenvalue weighted by molar-refractivity contribution is 7.86. The quantitative estimate of drug-likeness (QED) is 0.810. The molecule has 0 radical (unpaired) electrons. The number of hydrogen-bond donors (Lipinski definition) is 1.